The van der Waals surface area contributed by atoms with Crippen molar-refractivity contribution in [3.63, 3.8) is 0 Å². The standard InChI is InChI=1S/C14H21NO5/c1-6-19-12(16)9(2)10-8-20-11(15-10)7-14(3,4)13(17)18-5/h8-9H,6-7H2,1-5H3. The quantitative estimate of drug-likeness (QED) is 0.744. The molecular weight excluding hydrogens is 262 g/mol. The first-order valence-electron chi connectivity index (χ1n) is 6.51. The average molecular weight is 283 g/mol. The van der Waals surface area contributed by atoms with Gasteiger partial charge < -0.3 is 13.9 Å². The van der Waals surface area contributed by atoms with E-state index in [4.69, 9.17) is 13.9 Å². The SMILES string of the molecule is CCOC(=O)C(C)c1coc(CC(C)(C)C(=O)OC)n1. The number of nitrogens with zero attached hydrogens (tertiary/aromatic N) is 1. The molecule has 1 rings (SSSR count). The Kier molecular flexibility index (Phi) is 5.30. The van der Waals surface area contributed by atoms with Crippen molar-refractivity contribution in [2.45, 2.75) is 40.0 Å². The molecule has 0 fully saturated rings. The van der Waals surface area contributed by atoms with Crippen LogP contribution in [0.5, 0.6) is 0 Å². The highest BCUT2D eigenvalue weighted by Crippen LogP contribution is 2.24. The Morgan fingerprint density at radius 1 is 1.45 bits per heavy atom. The van der Waals surface area contributed by atoms with Crippen molar-refractivity contribution in [1.82, 2.24) is 4.98 Å². The lowest BCUT2D eigenvalue weighted by Gasteiger charge is -2.18. The van der Waals surface area contributed by atoms with E-state index in [1.807, 2.05) is 0 Å². The van der Waals surface area contributed by atoms with Crippen LogP contribution >= 0.6 is 0 Å². The molecule has 0 spiro atoms. The number of aromatic nitrogens is 1. The Bertz CT molecular complexity index is 478. The second kappa shape index (κ2) is 6.54. The highest BCUT2D eigenvalue weighted by atomic mass is 16.5. The van der Waals surface area contributed by atoms with Gasteiger partial charge in [0.05, 0.1) is 30.7 Å². The summed E-state index contributed by atoms with van der Waals surface area (Å²) in [6.45, 7) is 7.26. The predicted octanol–water partition coefficient (Wildman–Crippen LogP) is 2.08. The number of carbonyl (C=O) groups excluding carboxylic acids is 2. The van der Waals surface area contributed by atoms with Gasteiger partial charge in [-0.15, -0.1) is 0 Å². The summed E-state index contributed by atoms with van der Waals surface area (Å²) in [6, 6.07) is 0. The third-order valence-electron chi connectivity index (χ3n) is 2.98. The molecule has 1 unspecified atom stereocenters. The van der Waals surface area contributed by atoms with Gasteiger partial charge >= 0.3 is 11.9 Å². The fourth-order valence-electron chi connectivity index (χ4n) is 1.72. The van der Waals surface area contributed by atoms with E-state index in [1.165, 1.54) is 13.4 Å². The van der Waals surface area contributed by atoms with E-state index in [1.54, 1.807) is 27.7 Å². The van der Waals surface area contributed by atoms with Crippen LogP contribution in [0.25, 0.3) is 0 Å². The summed E-state index contributed by atoms with van der Waals surface area (Å²) >= 11 is 0. The van der Waals surface area contributed by atoms with Crippen LogP contribution in [-0.4, -0.2) is 30.6 Å². The fourth-order valence-corrected chi connectivity index (χ4v) is 1.72. The van der Waals surface area contributed by atoms with Crippen LogP contribution in [0.3, 0.4) is 0 Å². The molecule has 0 N–H and O–H groups in total. The second-order valence-corrected chi connectivity index (χ2v) is 5.19. The number of ether oxygens (including phenoxy) is 2. The van der Waals surface area contributed by atoms with Crippen LogP contribution in [0.4, 0.5) is 0 Å². The minimum Gasteiger partial charge on any atom is -0.469 e. The number of esters is 2. The van der Waals surface area contributed by atoms with Crippen molar-refractivity contribution < 1.29 is 23.5 Å². The summed E-state index contributed by atoms with van der Waals surface area (Å²) in [7, 11) is 1.34. The van der Waals surface area contributed by atoms with E-state index >= 15 is 0 Å². The molecule has 20 heavy (non-hydrogen) atoms. The molecule has 0 aliphatic heterocycles. The van der Waals surface area contributed by atoms with Crippen molar-refractivity contribution in [1.29, 1.82) is 0 Å². The highest BCUT2D eigenvalue weighted by Gasteiger charge is 2.31. The zero-order valence-electron chi connectivity index (χ0n) is 12.6. The molecule has 0 aliphatic carbocycles. The molecule has 0 aliphatic rings. The summed E-state index contributed by atoms with van der Waals surface area (Å²) in [6.07, 6.45) is 1.72. The monoisotopic (exact) mass is 283 g/mol. The lowest BCUT2D eigenvalue weighted by molar-refractivity contribution is -0.151. The summed E-state index contributed by atoms with van der Waals surface area (Å²) in [4.78, 5) is 27.5. The van der Waals surface area contributed by atoms with Crippen LogP contribution < -0.4 is 0 Å². The topological polar surface area (TPSA) is 78.6 Å². The van der Waals surface area contributed by atoms with Crippen molar-refractivity contribution >= 4 is 11.9 Å². The zero-order valence-corrected chi connectivity index (χ0v) is 12.6. The largest absolute Gasteiger partial charge is 0.469 e. The smallest absolute Gasteiger partial charge is 0.314 e. The molecule has 1 atom stereocenters. The van der Waals surface area contributed by atoms with Crippen LogP contribution in [0.1, 0.15) is 45.2 Å². The number of hydrogen-bond donors (Lipinski definition) is 0. The third-order valence-corrected chi connectivity index (χ3v) is 2.98. The first kappa shape index (κ1) is 16.2. The van der Waals surface area contributed by atoms with Gasteiger partial charge in [0.15, 0.2) is 5.89 Å². The van der Waals surface area contributed by atoms with Crippen LogP contribution in [0.15, 0.2) is 10.7 Å². The van der Waals surface area contributed by atoms with Crippen molar-refractivity contribution in [3.05, 3.63) is 17.8 Å². The molecule has 6 heteroatoms. The molecule has 112 valence electrons. The highest BCUT2D eigenvalue weighted by molar-refractivity contribution is 5.77. The van der Waals surface area contributed by atoms with E-state index in [9.17, 15) is 9.59 Å². The Labute approximate surface area is 118 Å². The minimum atomic E-state index is -0.732. The van der Waals surface area contributed by atoms with E-state index in [-0.39, 0.29) is 11.9 Å². The first-order chi connectivity index (χ1) is 9.31. The molecule has 1 aromatic heterocycles. The molecule has 0 radical (unpaired) electrons. The molecule has 1 heterocycles. The number of oxazole rings is 1. The van der Waals surface area contributed by atoms with Crippen molar-refractivity contribution in [2.75, 3.05) is 13.7 Å². The lowest BCUT2D eigenvalue weighted by atomic mass is 9.89. The average Bonchev–Trinajstić information content (AvgIpc) is 2.84. The van der Waals surface area contributed by atoms with Gasteiger partial charge in [-0.1, -0.05) is 0 Å². The van der Waals surface area contributed by atoms with Gasteiger partial charge in [-0.25, -0.2) is 4.98 Å². The maximum atomic E-state index is 11.6. The number of methoxy groups -OCH3 is 1. The number of carbonyl (C=O) groups is 2. The molecule has 0 amide bonds. The molecular formula is C14H21NO5. The van der Waals surface area contributed by atoms with Crippen LogP contribution in [-0.2, 0) is 25.5 Å². The maximum Gasteiger partial charge on any atom is 0.314 e. The Hall–Kier alpha value is -1.85. The Balaban J connectivity index is 2.77. The zero-order chi connectivity index (χ0) is 15.3. The van der Waals surface area contributed by atoms with Gasteiger partial charge in [0.2, 0.25) is 0 Å². The van der Waals surface area contributed by atoms with Crippen LogP contribution in [0, 0.1) is 5.41 Å². The Morgan fingerprint density at radius 3 is 2.65 bits per heavy atom. The van der Waals surface area contributed by atoms with Gasteiger partial charge in [-0.2, -0.15) is 0 Å². The summed E-state index contributed by atoms with van der Waals surface area (Å²) in [5, 5.41) is 0. The predicted molar refractivity (Wildman–Crippen MR) is 71.1 cm³/mol. The van der Waals surface area contributed by atoms with Gasteiger partial charge in [0, 0.05) is 6.42 Å². The normalized spacial score (nSPS) is 12.8. The number of hydrogen-bond acceptors (Lipinski definition) is 6. The molecule has 0 aromatic carbocycles. The molecule has 0 saturated heterocycles. The van der Waals surface area contributed by atoms with E-state index in [0.717, 1.165) is 0 Å². The molecule has 0 saturated carbocycles. The van der Waals surface area contributed by atoms with Gasteiger partial charge in [0.25, 0.3) is 0 Å². The summed E-state index contributed by atoms with van der Waals surface area (Å²) in [5.74, 6) is -0.782. The third kappa shape index (κ3) is 3.82. The van der Waals surface area contributed by atoms with Crippen LogP contribution in [0.2, 0.25) is 0 Å². The van der Waals surface area contributed by atoms with E-state index in [0.29, 0.717) is 24.6 Å². The summed E-state index contributed by atoms with van der Waals surface area (Å²) in [5.41, 5.74) is -0.233. The van der Waals surface area contributed by atoms with Crippen molar-refractivity contribution in [2.24, 2.45) is 5.41 Å². The Morgan fingerprint density at radius 2 is 2.10 bits per heavy atom. The van der Waals surface area contributed by atoms with Gasteiger partial charge in [-0.3, -0.25) is 9.59 Å². The minimum absolute atomic E-state index is 0.301. The van der Waals surface area contributed by atoms with Gasteiger partial charge in [-0.05, 0) is 27.7 Å². The van der Waals surface area contributed by atoms with Crippen molar-refractivity contribution in [3.8, 4) is 0 Å². The molecule has 0 bridgehead atoms. The first-order valence-corrected chi connectivity index (χ1v) is 6.51. The molecule has 1 aromatic rings. The maximum absolute atomic E-state index is 11.6. The summed E-state index contributed by atoms with van der Waals surface area (Å²) < 4.78 is 15.0. The van der Waals surface area contributed by atoms with E-state index in [2.05, 4.69) is 4.98 Å². The lowest BCUT2D eigenvalue weighted by Crippen LogP contribution is -2.28. The van der Waals surface area contributed by atoms with E-state index < -0.39 is 11.3 Å². The second-order valence-electron chi connectivity index (χ2n) is 5.19. The molecule has 6 nitrogen and oxygen atoms in total. The number of rotatable bonds is 6. The fraction of sp³-hybridized carbons (Fsp3) is 0.643. The van der Waals surface area contributed by atoms with Gasteiger partial charge in [0.1, 0.15) is 6.26 Å².